The zero-order valence-electron chi connectivity index (χ0n) is 8.84. The first-order chi connectivity index (χ1) is 7.16. The van der Waals surface area contributed by atoms with Crippen molar-refractivity contribution in [3.05, 3.63) is 39.8 Å². The van der Waals surface area contributed by atoms with E-state index in [0.29, 0.717) is 6.42 Å². The molecular weight excluding hydrogens is 208 g/mol. The molecular formula is C11H14N2OS. The molecule has 0 saturated carbocycles. The molecule has 0 radical (unpaired) electrons. The van der Waals surface area contributed by atoms with Gasteiger partial charge in [-0.3, -0.25) is 4.68 Å². The fraction of sp³-hybridized carbons (Fsp3) is 0.364. The lowest BCUT2D eigenvalue weighted by atomic mass is 10.0. The van der Waals surface area contributed by atoms with Crippen LogP contribution in [0.3, 0.4) is 0 Å². The van der Waals surface area contributed by atoms with E-state index >= 15 is 0 Å². The van der Waals surface area contributed by atoms with Crippen molar-refractivity contribution >= 4 is 11.3 Å². The summed E-state index contributed by atoms with van der Waals surface area (Å²) in [7, 11) is 1.88. The van der Waals surface area contributed by atoms with Gasteiger partial charge in [-0.2, -0.15) is 16.4 Å². The van der Waals surface area contributed by atoms with Crippen LogP contribution < -0.4 is 0 Å². The van der Waals surface area contributed by atoms with Gasteiger partial charge in [0, 0.05) is 19.7 Å². The van der Waals surface area contributed by atoms with E-state index in [1.165, 1.54) is 0 Å². The summed E-state index contributed by atoms with van der Waals surface area (Å²) in [5, 5.41) is 18.2. The van der Waals surface area contributed by atoms with Crippen LogP contribution in [0.15, 0.2) is 23.2 Å². The number of hydrogen-bond acceptors (Lipinski definition) is 3. The van der Waals surface area contributed by atoms with Crippen LogP contribution in [0.4, 0.5) is 0 Å². The minimum Gasteiger partial charge on any atom is -0.388 e. The van der Waals surface area contributed by atoms with Crippen LogP contribution in [-0.2, 0) is 13.5 Å². The van der Waals surface area contributed by atoms with E-state index < -0.39 is 6.10 Å². The normalized spacial score (nSPS) is 13.0. The van der Waals surface area contributed by atoms with Gasteiger partial charge >= 0.3 is 0 Å². The van der Waals surface area contributed by atoms with Crippen molar-refractivity contribution in [1.29, 1.82) is 0 Å². The van der Waals surface area contributed by atoms with Crippen LogP contribution in [0.5, 0.6) is 0 Å². The molecule has 0 spiro atoms. The van der Waals surface area contributed by atoms with Crippen LogP contribution in [-0.4, -0.2) is 14.9 Å². The van der Waals surface area contributed by atoms with Gasteiger partial charge in [0.25, 0.3) is 0 Å². The van der Waals surface area contributed by atoms with Crippen molar-refractivity contribution in [2.24, 2.45) is 7.05 Å². The summed E-state index contributed by atoms with van der Waals surface area (Å²) in [6.07, 6.45) is 3.95. The molecule has 3 nitrogen and oxygen atoms in total. The van der Waals surface area contributed by atoms with Gasteiger partial charge in [-0.25, -0.2) is 0 Å². The lowest BCUT2D eigenvalue weighted by Gasteiger charge is -2.08. The second kappa shape index (κ2) is 4.16. The van der Waals surface area contributed by atoms with Crippen molar-refractivity contribution in [3.63, 3.8) is 0 Å². The molecule has 0 aliphatic carbocycles. The zero-order chi connectivity index (χ0) is 10.8. The molecule has 0 fully saturated rings. The molecule has 2 heterocycles. The average molecular weight is 222 g/mol. The quantitative estimate of drug-likeness (QED) is 0.863. The van der Waals surface area contributed by atoms with E-state index in [1.807, 2.05) is 25.5 Å². The number of nitrogens with zero attached hydrogens (tertiary/aromatic N) is 2. The lowest BCUT2D eigenvalue weighted by molar-refractivity contribution is 0.178. The van der Waals surface area contributed by atoms with Crippen molar-refractivity contribution in [2.75, 3.05) is 0 Å². The van der Waals surface area contributed by atoms with Gasteiger partial charge in [0.1, 0.15) is 0 Å². The van der Waals surface area contributed by atoms with Crippen molar-refractivity contribution in [3.8, 4) is 0 Å². The standard InChI is InChI=1S/C11H14N2OS/c1-8-6-15-7-10(8)11(14)3-9-4-12-13(2)5-9/h4-7,11,14H,3H2,1-2H3. The molecule has 0 aromatic carbocycles. The Morgan fingerprint density at radius 3 is 2.87 bits per heavy atom. The first-order valence-corrected chi connectivity index (χ1v) is 5.79. The highest BCUT2D eigenvalue weighted by Crippen LogP contribution is 2.24. The van der Waals surface area contributed by atoms with Crippen LogP contribution >= 0.6 is 11.3 Å². The molecule has 2 rings (SSSR count). The molecule has 15 heavy (non-hydrogen) atoms. The number of rotatable bonds is 3. The Kier molecular flexibility index (Phi) is 2.88. The Labute approximate surface area is 93.0 Å². The van der Waals surface area contributed by atoms with Gasteiger partial charge in [-0.1, -0.05) is 0 Å². The predicted octanol–water partition coefficient (Wildman–Crippen LogP) is 2.07. The number of aromatic nitrogens is 2. The fourth-order valence-electron chi connectivity index (χ4n) is 1.62. The van der Waals surface area contributed by atoms with E-state index in [9.17, 15) is 5.11 Å². The van der Waals surface area contributed by atoms with Crippen LogP contribution in [0.1, 0.15) is 22.8 Å². The van der Waals surface area contributed by atoms with Gasteiger partial charge in [0.05, 0.1) is 12.3 Å². The molecule has 4 heteroatoms. The Hall–Kier alpha value is -1.13. The Balaban J connectivity index is 2.10. The Morgan fingerprint density at radius 1 is 1.53 bits per heavy atom. The summed E-state index contributed by atoms with van der Waals surface area (Å²) in [4.78, 5) is 0. The molecule has 2 aromatic rings. The van der Waals surface area contributed by atoms with Crippen LogP contribution in [0.25, 0.3) is 0 Å². The van der Waals surface area contributed by atoms with Gasteiger partial charge in [-0.15, -0.1) is 0 Å². The highest BCUT2D eigenvalue weighted by Gasteiger charge is 2.12. The number of aliphatic hydroxyl groups excluding tert-OH is 1. The third-order valence-corrected chi connectivity index (χ3v) is 3.32. The monoisotopic (exact) mass is 222 g/mol. The summed E-state index contributed by atoms with van der Waals surface area (Å²) in [5.74, 6) is 0. The number of aryl methyl sites for hydroxylation is 2. The molecule has 2 aromatic heterocycles. The molecule has 1 N–H and O–H groups in total. The smallest absolute Gasteiger partial charge is 0.0842 e. The van der Waals surface area contributed by atoms with Crippen LogP contribution in [0.2, 0.25) is 0 Å². The lowest BCUT2D eigenvalue weighted by Crippen LogP contribution is -2.01. The van der Waals surface area contributed by atoms with Crippen molar-refractivity contribution in [1.82, 2.24) is 9.78 Å². The van der Waals surface area contributed by atoms with Gasteiger partial charge in [-0.05, 0) is 34.4 Å². The highest BCUT2D eigenvalue weighted by atomic mass is 32.1. The SMILES string of the molecule is Cc1cscc1C(O)Cc1cnn(C)c1. The van der Waals surface area contributed by atoms with Crippen LogP contribution in [0, 0.1) is 6.92 Å². The fourth-order valence-corrected chi connectivity index (χ4v) is 2.52. The molecule has 0 saturated heterocycles. The molecule has 0 amide bonds. The van der Waals surface area contributed by atoms with Gasteiger partial charge in [0.2, 0.25) is 0 Å². The predicted molar refractivity (Wildman–Crippen MR) is 60.9 cm³/mol. The summed E-state index contributed by atoms with van der Waals surface area (Å²) < 4.78 is 1.75. The maximum absolute atomic E-state index is 10.0. The second-order valence-corrected chi connectivity index (χ2v) is 4.50. The molecule has 1 unspecified atom stereocenters. The molecule has 80 valence electrons. The molecule has 0 aliphatic rings. The first kappa shape index (κ1) is 10.4. The van der Waals surface area contributed by atoms with Crippen molar-refractivity contribution in [2.45, 2.75) is 19.4 Å². The maximum Gasteiger partial charge on any atom is 0.0842 e. The van der Waals surface area contributed by atoms with E-state index in [-0.39, 0.29) is 0 Å². The zero-order valence-corrected chi connectivity index (χ0v) is 9.66. The average Bonchev–Trinajstić information content (AvgIpc) is 2.75. The third kappa shape index (κ3) is 2.27. The minimum absolute atomic E-state index is 0.416. The van der Waals surface area contributed by atoms with E-state index in [1.54, 1.807) is 22.2 Å². The third-order valence-electron chi connectivity index (χ3n) is 2.44. The number of aliphatic hydroxyl groups is 1. The largest absolute Gasteiger partial charge is 0.388 e. The molecule has 0 aliphatic heterocycles. The number of hydrogen-bond donors (Lipinski definition) is 1. The molecule has 1 atom stereocenters. The van der Waals surface area contributed by atoms with Crippen molar-refractivity contribution < 1.29 is 5.11 Å². The van der Waals surface area contributed by atoms with Gasteiger partial charge < -0.3 is 5.11 Å². The topological polar surface area (TPSA) is 38.1 Å². The summed E-state index contributed by atoms with van der Waals surface area (Å²) in [6.45, 7) is 2.03. The first-order valence-electron chi connectivity index (χ1n) is 4.85. The number of thiophene rings is 1. The van der Waals surface area contributed by atoms with E-state index in [2.05, 4.69) is 10.5 Å². The Morgan fingerprint density at radius 2 is 2.33 bits per heavy atom. The van der Waals surface area contributed by atoms with E-state index in [4.69, 9.17) is 0 Å². The Bertz CT molecular complexity index is 447. The maximum atomic E-state index is 10.0. The summed E-state index contributed by atoms with van der Waals surface area (Å²) in [6, 6.07) is 0. The molecule has 0 bridgehead atoms. The summed E-state index contributed by atoms with van der Waals surface area (Å²) in [5.41, 5.74) is 3.26. The van der Waals surface area contributed by atoms with E-state index in [0.717, 1.165) is 16.7 Å². The highest BCUT2D eigenvalue weighted by molar-refractivity contribution is 7.08. The summed E-state index contributed by atoms with van der Waals surface area (Å²) >= 11 is 1.63. The van der Waals surface area contributed by atoms with Gasteiger partial charge in [0.15, 0.2) is 0 Å². The minimum atomic E-state index is -0.416. The second-order valence-electron chi connectivity index (χ2n) is 3.75.